The third-order valence-corrected chi connectivity index (χ3v) is 3.10. The zero-order valence-corrected chi connectivity index (χ0v) is 11.8. The minimum absolute atomic E-state index is 0.0815. The highest BCUT2D eigenvalue weighted by Gasteiger charge is 2.31. The highest BCUT2D eigenvalue weighted by Crippen LogP contribution is 2.35. The number of rotatable bonds is 3. The van der Waals surface area contributed by atoms with Crippen molar-refractivity contribution < 1.29 is 17.9 Å². The van der Waals surface area contributed by atoms with Crippen LogP contribution in [0.4, 0.5) is 13.2 Å². The molecule has 0 amide bonds. The number of hydrogen-bond acceptors (Lipinski definition) is 3. The first-order valence-electron chi connectivity index (χ1n) is 6.01. The van der Waals surface area contributed by atoms with Gasteiger partial charge in [0.1, 0.15) is 10.8 Å². The van der Waals surface area contributed by atoms with Gasteiger partial charge in [-0.1, -0.05) is 23.7 Å². The molecule has 0 aliphatic heterocycles. The Morgan fingerprint density at radius 3 is 2.57 bits per heavy atom. The second-order valence-corrected chi connectivity index (χ2v) is 4.82. The lowest BCUT2D eigenvalue weighted by molar-refractivity contribution is -0.137. The van der Waals surface area contributed by atoms with E-state index < -0.39 is 11.7 Å². The van der Waals surface area contributed by atoms with E-state index in [1.54, 1.807) is 19.1 Å². The summed E-state index contributed by atoms with van der Waals surface area (Å²) < 4.78 is 43.1. The summed E-state index contributed by atoms with van der Waals surface area (Å²) in [7, 11) is 0. The van der Waals surface area contributed by atoms with E-state index in [9.17, 15) is 13.2 Å². The molecule has 0 spiro atoms. The molecule has 0 radical (unpaired) electrons. The Morgan fingerprint density at radius 1 is 1.29 bits per heavy atom. The normalized spacial score (nSPS) is 11.5. The number of pyridine rings is 1. The molecule has 7 heteroatoms. The van der Waals surface area contributed by atoms with E-state index in [1.165, 1.54) is 0 Å². The van der Waals surface area contributed by atoms with Crippen LogP contribution in [0.25, 0.3) is 0 Å². The van der Waals surface area contributed by atoms with Gasteiger partial charge in [-0.25, -0.2) is 4.98 Å². The second kappa shape index (κ2) is 5.91. The molecule has 0 fully saturated rings. The van der Waals surface area contributed by atoms with Gasteiger partial charge in [-0.3, -0.25) is 0 Å². The number of ether oxygens (including phenoxy) is 1. The molecule has 1 aromatic carbocycles. The summed E-state index contributed by atoms with van der Waals surface area (Å²) in [4.78, 5) is 3.63. The lowest BCUT2D eigenvalue weighted by Gasteiger charge is -2.12. The summed E-state index contributed by atoms with van der Waals surface area (Å²) in [6.45, 7) is 2.12. The van der Waals surface area contributed by atoms with Crippen LogP contribution in [0.15, 0.2) is 30.5 Å². The lowest BCUT2D eigenvalue weighted by Crippen LogP contribution is -2.06. The van der Waals surface area contributed by atoms with Crippen LogP contribution in [0.2, 0.25) is 5.02 Å². The van der Waals surface area contributed by atoms with Crippen molar-refractivity contribution in [2.24, 2.45) is 5.73 Å². The zero-order valence-electron chi connectivity index (χ0n) is 11.0. The fourth-order valence-electron chi connectivity index (χ4n) is 1.64. The van der Waals surface area contributed by atoms with Gasteiger partial charge in [-0.15, -0.1) is 0 Å². The van der Waals surface area contributed by atoms with Gasteiger partial charge in [-0.2, -0.15) is 13.2 Å². The van der Waals surface area contributed by atoms with Crippen molar-refractivity contribution in [3.8, 4) is 11.6 Å². The molecule has 0 aliphatic rings. The summed E-state index contributed by atoms with van der Waals surface area (Å²) in [5.74, 6) is 0.369. The summed E-state index contributed by atoms with van der Waals surface area (Å²) in [6, 6.07) is 6.12. The van der Waals surface area contributed by atoms with Gasteiger partial charge in [0.25, 0.3) is 0 Å². The Bertz CT molecular complexity index is 659. The molecule has 0 saturated heterocycles. The Morgan fingerprint density at radius 2 is 2.00 bits per heavy atom. The maximum atomic E-state index is 12.5. The van der Waals surface area contributed by atoms with Crippen molar-refractivity contribution >= 4 is 11.6 Å². The van der Waals surface area contributed by atoms with Crippen LogP contribution in [-0.4, -0.2) is 4.98 Å². The highest BCUT2D eigenvalue weighted by atomic mass is 35.5. The van der Waals surface area contributed by atoms with Gasteiger partial charge in [0.05, 0.1) is 5.56 Å². The molecule has 0 saturated carbocycles. The van der Waals surface area contributed by atoms with E-state index in [1.807, 2.05) is 6.07 Å². The molecule has 0 aliphatic carbocycles. The zero-order chi connectivity index (χ0) is 15.6. The molecule has 0 bridgehead atoms. The predicted molar refractivity (Wildman–Crippen MR) is 73.4 cm³/mol. The minimum Gasteiger partial charge on any atom is -0.437 e. The number of hydrogen-bond donors (Lipinski definition) is 1. The van der Waals surface area contributed by atoms with Crippen LogP contribution >= 0.6 is 11.6 Å². The van der Waals surface area contributed by atoms with Gasteiger partial charge in [-0.05, 0) is 30.2 Å². The van der Waals surface area contributed by atoms with E-state index in [4.69, 9.17) is 22.1 Å². The largest absolute Gasteiger partial charge is 0.437 e. The topological polar surface area (TPSA) is 48.1 Å². The van der Waals surface area contributed by atoms with E-state index in [2.05, 4.69) is 4.98 Å². The standard InChI is InChI=1S/C14H12ClF3N2O/c1-8-2-3-9(6-19)4-12(8)21-13-11(15)5-10(7-20-13)14(16,17)18/h2-5,7H,6,19H2,1H3. The first kappa shape index (κ1) is 15.6. The van der Waals surface area contributed by atoms with E-state index in [-0.39, 0.29) is 10.9 Å². The lowest BCUT2D eigenvalue weighted by atomic mass is 10.1. The van der Waals surface area contributed by atoms with Crippen LogP contribution in [0.3, 0.4) is 0 Å². The number of halogens is 4. The molecule has 2 N–H and O–H groups in total. The van der Waals surface area contributed by atoms with Crippen molar-refractivity contribution in [3.05, 3.63) is 52.2 Å². The average molecular weight is 317 g/mol. The van der Waals surface area contributed by atoms with E-state index >= 15 is 0 Å². The van der Waals surface area contributed by atoms with Gasteiger partial charge in [0.15, 0.2) is 0 Å². The smallest absolute Gasteiger partial charge is 0.417 e. The van der Waals surface area contributed by atoms with Crippen LogP contribution in [0.1, 0.15) is 16.7 Å². The number of nitrogens with two attached hydrogens (primary N) is 1. The molecule has 1 heterocycles. The monoisotopic (exact) mass is 316 g/mol. The maximum Gasteiger partial charge on any atom is 0.417 e. The highest BCUT2D eigenvalue weighted by molar-refractivity contribution is 6.31. The van der Waals surface area contributed by atoms with E-state index in [0.717, 1.165) is 17.2 Å². The van der Waals surface area contributed by atoms with Gasteiger partial charge in [0.2, 0.25) is 5.88 Å². The van der Waals surface area contributed by atoms with Gasteiger partial charge in [0, 0.05) is 12.7 Å². The molecule has 2 aromatic rings. The fourth-order valence-corrected chi connectivity index (χ4v) is 1.85. The summed E-state index contributed by atoms with van der Waals surface area (Å²) in [5, 5.41) is -0.206. The number of nitrogens with zero attached hydrogens (tertiary/aromatic N) is 1. The number of aromatic nitrogens is 1. The van der Waals surface area contributed by atoms with Crippen LogP contribution < -0.4 is 10.5 Å². The Balaban J connectivity index is 2.32. The van der Waals surface area contributed by atoms with E-state index in [0.29, 0.717) is 18.5 Å². The average Bonchev–Trinajstić information content (AvgIpc) is 2.42. The summed E-state index contributed by atoms with van der Waals surface area (Å²) >= 11 is 5.80. The quantitative estimate of drug-likeness (QED) is 0.917. The van der Waals surface area contributed by atoms with Crippen molar-refractivity contribution in [2.75, 3.05) is 0 Å². The molecule has 0 atom stereocenters. The predicted octanol–water partition coefficient (Wildman–Crippen LogP) is 4.31. The molecule has 2 rings (SSSR count). The second-order valence-electron chi connectivity index (χ2n) is 4.41. The number of aryl methyl sites for hydroxylation is 1. The first-order valence-corrected chi connectivity index (χ1v) is 6.39. The third-order valence-electron chi connectivity index (χ3n) is 2.83. The first-order chi connectivity index (χ1) is 9.81. The number of alkyl halides is 3. The van der Waals surface area contributed by atoms with Crippen molar-refractivity contribution in [1.29, 1.82) is 0 Å². The van der Waals surface area contributed by atoms with Gasteiger partial charge >= 0.3 is 6.18 Å². The van der Waals surface area contributed by atoms with Crippen molar-refractivity contribution in [1.82, 2.24) is 4.98 Å². The molecular formula is C14H12ClF3N2O. The van der Waals surface area contributed by atoms with Crippen LogP contribution in [-0.2, 0) is 12.7 Å². The maximum absolute atomic E-state index is 12.5. The Kier molecular flexibility index (Phi) is 4.39. The van der Waals surface area contributed by atoms with Gasteiger partial charge < -0.3 is 10.5 Å². The van der Waals surface area contributed by atoms with Crippen LogP contribution in [0.5, 0.6) is 11.6 Å². The molecular weight excluding hydrogens is 305 g/mol. The molecule has 1 aromatic heterocycles. The molecule has 21 heavy (non-hydrogen) atoms. The molecule has 0 unspecified atom stereocenters. The SMILES string of the molecule is Cc1ccc(CN)cc1Oc1ncc(C(F)(F)F)cc1Cl. The van der Waals surface area contributed by atoms with Crippen LogP contribution in [0, 0.1) is 6.92 Å². The molecule has 112 valence electrons. The third kappa shape index (κ3) is 3.65. The minimum atomic E-state index is -4.50. The fraction of sp³-hybridized carbons (Fsp3) is 0.214. The summed E-state index contributed by atoms with van der Waals surface area (Å²) in [5.41, 5.74) is 6.24. The Hall–Kier alpha value is -1.79. The van der Waals surface area contributed by atoms with Crippen molar-refractivity contribution in [2.45, 2.75) is 19.6 Å². The number of benzene rings is 1. The Labute approximate surface area is 124 Å². The molecule has 3 nitrogen and oxygen atoms in total. The summed E-state index contributed by atoms with van der Waals surface area (Å²) in [6.07, 6.45) is -3.81. The van der Waals surface area contributed by atoms with Crippen molar-refractivity contribution in [3.63, 3.8) is 0 Å².